The van der Waals surface area contributed by atoms with Gasteiger partial charge in [-0.05, 0) is 54.3 Å². The molecule has 130 valence electrons. The van der Waals surface area contributed by atoms with Crippen LogP contribution in [0.15, 0.2) is 42.5 Å². The van der Waals surface area contributed by atoms with Crippen molar-refractivity contribution in [3.05, 3.63) is 58.6 Å². The fraction of sp³-hybridized carbons (Fsp3) is 0.350. The summed E-state index contributed by atoms with van der Waals surface area (Å²) in [5, 5.41) is 0.674. The fourth-order valence-corrected chi connectivity index (χ4v) is 3.44. The second-order valence-electron chi connectivity index (χ2n) is 6.61. The molecule has 0 saturated heterocycles. The van der Waals surface area contributed by atoms with E-state index in [0.29, 0.717) is 24.0 Å². The molecule has 1 atom stereocenters. The molecule has 1 aliphatic heterocycles. The molecule has 0 aromatic heterocycles. The molecule has 2 aliphatic rings. The summed E-state index contributed by atoms with van der Waals surface area (Å²) in [5.41, 5.74) is 2.10. The number of rotatable bonds is 5. The summed E-state index contributed by atoms with van der Waals surface area (Å²) in [6.07, 6.45) is 2.26. The lowest BCUT2D eigenvalue weighted by molar-refractivity contribution is -0.139. The SMILES string of the molecule is COc1ccc(CN(C(=O)C2Cc3cc(Cl)ccc3O2)C2CC2)cc1. The molecule has 25 heavy (non-hydrogen) atoms. The third-order valence-corrected chi connectivity index (χ3v) is 4.99. The van der Waals surface area contributed by atoms with Crippen molar-refractivity contribution in [2.45, 2.75) is 38.0 Å². The van der Waals surface area contributed by atoms with Crippen LogP contribution in [0, 0.1) is 0 Å². The number of fused-ring (bicyclic) bond motifs is 1. The lowest BCUT2D eigenvalue weighted by Crippen LogP contribution is -2.42. The van der Waals surface area contributed by atoms with Crippen LogP contribution in [-0.2, 0) is 17.8 Å². The number of halogens is 1. The molecule has 1 unspecified atom stereocenters. The Hall–Kier alpha value is -2.20. The molecule has 2 aromatic carbocycles. The first-order chi connectivity index (χ1) is 12.1. The molecule has 1 aliphatic carbocycles. The first kappa shape index (κ1) is 16.3. The first-order valence-corrected chi connectivity index (χ1v) is 8.90. The van der Waals surface area contributed by atoms with Gasteiger partial charge in [-0.15, -0.1) is 0 Å². The third kappa shape index (κ3) is 3.45. The molecular formula is C20H20ClNO3. The van der Waals surface area contributed by atoms with Gasteiger partial charge in [0.05, 0.1) is 7.11 Å². The Kier molecular flexibility index (Phi) is 4.30. The van der Waals surface area contributed by atoms with Gasteiger partial charge in [-0.2, -0.15) is 0 Å². The Labute approximate surface area is 152 Å². The average molecular weight is 358 g/mol. The topological polar surface area (TPSA) is 38.8 Å². The van der Waals surface area contributed by atoms with Crippen molar-refractivity contribution in [3.63, 3.8) is 0 Å². The zero-order chi connectivity index (χ0) is 17.4. The van der Waals surface area contributed by atoms with Gasteiger partial charge in [0.1, 0.15) is 11.5 Å². The lowest BCUT2D eigenvalue weighted by atomic mass is 10.1. The summed E-state index contributed by atoms with van der Waals surface area (Å²) in [4.78, 5) is 15.0. The number of nitrogens with zero attached hydrogens (tertiary/aromatic N) is 1. The smallest absolute Gasteiger partial charge is 0.264 e. The summed E-state index contributed by atoms with van der Waals surface area (Å²) in [7, 11) is 1.65. The average Bonchev–Trinajstić information content (AvgIpc) is 3.38. The molecule has 0 bridgehead atoms. The number of amides is 1. The van der Waals surface area contributed by atoms with Crippen molar-refractivity contribution >= 4 is 17.5 Å². The number of carbonyl (C=O) groups is 1. The van der Waals surface area contributed by atoms with E-state index in [-0.39, 0.29) is 5.91 Å². The van der Waals surface area contributed by atoms with Crippen molar-refractivity contribution < 1.29 is 14.3 Å². The fourth-order valence-electron chi connectivity index (χ4n) is 3.24. The Morgan fingerprint density at radius 3 is 2.68 bits per heavy atom. The zero-order valence-corrected chi connectivity index (χ0v) is 14.8. The van der Waals surface area contributed by atoms with Crippen LogP contribution in [-0.4, -0.2) is 30.1 Å². The summed E-state index contributed by atoms with van der Waals surface area (Å²) in [6.45, 7) is 0.602. The lowest BCUT2D eigenvalue weighted by Gasteiger charge is -2.25. The van der Waals surface area contributed by atoms with E-state index < -0.39 is 6.10 Å². The standard InChI is InChI=1S/C20H20ClNO3/c1-24-17-7-2-13(3-8-17)12-22(16-5-6-16)20(23)19-11-14-10-15(21)4-9-18(14)25-19/h2-4,7-10,16,19H,5-6,11-12H2,1H3. The van der Waals surface area contributed by atoms with E-state index in [0.717, 1.165) is 35.5 Å². The van der Waals surface area contributed by atoms with Crippen LogP contribution in [0.2, 0.25) is 5.02 Å². The van der Waals surface area contributed by atoms with Crippen molar-refractivity contribution in [3.8, 4) is 11.5 Å². The summed E-state index contributed by atoms with van der Waals surface area (Å²) in [5.74, 6) is 1.65. The Bertz CT molecular complexity index is 786. The monoisotopic (exact) mass is 357 g/mol. The van der Waals surface area contributed by atoms with Crippen LogP contribution in [0.25, 0.3) is 0 Å². The van der Waals surface area contributed by atoms with E-state index in [9.17, 15) is 4.79 Å². The number of benzene rings is 2. The Morgan fingerprint density at radius 1 is 1.24 bits per heavy atom. The van der Waals surface area contributed by atoms with Gasteiger partial charge in [-0.1, -0.05) is 23.7 Å². The van der Waals surface area contributed by atoms with Crippen LogP contribution in [0.3, 0.4) is 0 Å². The highest BCUT2D eigenvalue weighted by Crippen LogP contribution is 2.35. The minimum atomic E-state index is -0.452. The minimum Gasteiger partial charge on any atom is -0.497 e. The number of hydrogen-bond donors (Lipinski definition) is 0. The maximum absolute atomic E-state index is 13.1. The molecule has 4 nitrogen and oxygen atoms in total. The zero-order valence-electron chi connectivity index (χ0n) is 14.1. The predicted molar refractivity (Wildman–Crippen MR) is 96.1 cm³/mol. The van der Waals surface area contributed by atoms with Crippen LogP contribution in [0.1, 0.15) is 24.0 Å². The van der Waals surface area contributed by atoms with Gasteiger partial charge in [-0.25, -0.2) is 0 Å². The molecule has 1 amide bonds. The molecule has 0 radical (unpaired) electrons. The van der Waals surface area contributed by atoms with E-state index in [1.54, 1.807) is 13.2 Å². The highest BCUT2D eigenvalue weighted by molar-refractivity contribution is 6.30. The van der Waals surface area contributed by atoms with Gasteiger partial charge in [0.25, 0.3) is 5.91 Å². The maximum Gasteiger partial charge on any atom is 0.264 e. The van der Waals surface area contributed by atoms with Crippen molar-refractivity contribution in [2.24, 2.45) is 0 Å². The molecule has 1 fully saturated rings. The largest absolute Gasteiger partial charge is 0.497 e. The van der Waals surface area contributed by atoms with E-state index in [4.69, 9.17) is 21.1 Å². The number of ether oxygens (including phenoxy) is 2. The Morgan fingerprint density at radius 2 is 2.00 bits per heavy atom. The molecule has 1 heterocycles. The highest BCUT2D eigenvalue weighted by Gasteiger charge is 2.39. The predicted octanol–water partition coefficient (Wildman–Crippen LogP) is 3.84. The molecular weight excluding hydrogens is 338 g/mol. The quantitative estimate of drug-likeness (QED) is 0.816. The van der Waals surface area contributed by atoms with Gasteiger partial charge in [0, 0.05) is 24.0 Å². The summed E-state index contributed by atoms with van der Waals surface area (Å²) < 4.78 is 11.1. The molecule has 1 saturated carbocycles. The van der Waals surface area contributed by atoms with Gasteiger partial charge in [0.2, 0.25) is 0 Å². The number of methoxy groups -OCH3 is 1. The maximum atomic E-state index is 13.1. The van der Waals surface area contributed by atoms with Crippen molar-refractivity contribution in [1.82, 2.24) is 4.90 Å². The van der Waals surface area contributed by atoms with Crippen molar-refractivity contribution in [2.75, 3.05) is 7.11 Å². The normalized spacial score (nSPS) is 18.4. The summed E-state index contributed by atoms with van der Waals surface area (Å²) >= 11 is 6.04. The number of carbonyl (C=O) groups excluding carboxylic acids is 1. The first-order valence-electron chi connectivity index (χ1n) is 8.52. The molecule has 2 aromatic rings. The second kappa shape index (κ2) is 6.60. The minimum absolute atomic E-state index is 0.0608. The van der Waals surface area contributed by atoms with Crippen LogP contribution in [0.4, 0.5) is 0 Å². The molecule has 0 spiro atoms. The van der Waals surface area contributed by atoms with Crippen LogP contribution >= 0.6 is 11.6 Å². The van der Waals surface area contributed by atoms with E-state index in [2.05, 4.69) is 0 Å². The van der Waals surface area contributed by atoms with Crippen LogP contribution < -0.4 is 9.47 Å². The van der Waals surface area contributed by atoms with E-state index in [1.165, 1.54) is 0 Å². The van der Waals surface area contributed by atoms with E-state index in [1.807, 2.05) is 41.3 Å². The van der Waals surface area contributed by atoms with Gasteiger partial charge in [0.15, 0.2) is 6.10 Å². The summed E-state index contributed by atoms with van der Waals surface area (Å²) in [6, 6.07) is 13.7. The van der Waals surface area contributed by atoms with Gasteiger partial charge >= 0.3 is 0 Å². The van der Waals surface area contributed by atoms with Crippen molar-refractivity contribution in [1.29, 1.82) is 0 Å². The van der Waals surface area contributed by atoms with Crippen LogP contribution in [0.5, 0.6) is 11.5 Å². The Balaban J connectivity index is 1.48. The molecule has 5 heteroatoms. The molecule has 0 N–H and O–H groups in total. The number of hydrogen-bond acceptors (Lipinski definition) is 3. The molecule has 4 rings (SSSR count). The van der Waals surface area contributed by atoms with E-state index >= 15 is 0 Å². The second-order valence-corrected chi connectivity index (χ2v) is 7.04. The van der Waals surface area contributed by atoms with Gasteiger partial charge < -0.3 is 14.4 Å². The van der Waals surface area contributed by atoms with Gasteiger partial charge in [-0.3, -0.25) is 4.79 Å². The highest BCUT2D eigenvalue weighted by atomic mass is 35.5. The third-order valence-electron chi connectivity index (χ3n) is 4.76.